The van der Waals surface area contributed by atoms with Crippen LogP contribution in [0, 0.1) is 11.7 Å². The molecule has 2 unspecified atom stereocenters. The zero-order valence-corrected chi connectivity index (χ0v) is 16.1. The fourth-order valence-electron chi connectivity index (χ4n) is 3.31. The van der Waals surface area contributed by atoms with Crippen LogP contribution in [0.5, 0.6) is 11.5 Å². The third-order valence-corrected chi connectivity index (χ3v) is 4.88. The van der Waals surface area contributed by atoms with Crippen molar-refractivity contribution in [3.8, 4) is 11.5 Å². The molecule has 1 aliphatic rings. The number of anilines is 1. The predicted molar refractivity (Wildman–Crippen MR) is 103 cm³/mol. The Labute approximate surface area is 163 Å². The van der Waals surface area contributed by atoms with Crippen LogP contribution in [0.15, 0.2) is 42.5 Å². The summed E-state index contributed by atoms with van der Waals surface area (Å²) in [7, 11) is 3.07. The quantitative estimate of drug-likeness (QED) is 0.829. The lowest BCUT2D eigenvalue weighted by molar-refractivity contribution is -0.126. The van der Waals surface area contributed by atoms with E-state index in [2.05, 4.69) is 5.32 Å². The maximum Gasteiger partial charge on any atom is 0.227 e. The number of nitrogens with zero attached hydrogens (tertiary/aromatic N) is 1. The van der Waals surface area contributed by atoms with Gasteiger partial charge in [0, 0.05) is 19.0 Å². The lowest BCUT2D eigenvalue weighted by atomic mass is 10.0. The Morgan fingerprint density at radius 1 is 1.21 bits per heavy atom. The van der Waals surface area contributed by atoms with E-state index in [1.807, 2.05) is 0 Å². The fraction of sp³-hybridized carbons (Fsp3) is 0.333. The van der Waals surface area contributed by atoms with Crippen LogP contribution in [0.2, 0.25) is 0 Å². The van der Waals surface area contributed by atoms with Gasteiger partial charge < -0.3 is 19.7 Å². The van der Waals surface area contributed by atoms with E-state index in [-0.39, 0.29) is 36.6 Å². The number of carbonyl (C=O) groups is 2. The molecule has 3 rings (SSSR count). The SMILES string of the molecule is COc1ccc(OC)c(N2CC(C(=O)NC(C)c3cccc(F)c3)CC2=O)c1. The van der Waals surface area contributed by atoms with Gasteiger partial charge in [-0.15, -0.1) is 0 Å². The average Bonchev–Trinajstić information content (AvgIpc) is 3.09. The Balaban J connectivity index is 1.73. The highest BCUT2D eigenvalue weighted by Crippen LogP contribution is 2.36. The molecule has 0 radical (unpaired) electrons. The molecule has 2 aromatic carbocycles. The minimum atomic E-state index is -0.501. The number of amides is 2. The van der Waals surface area contributed by atoms with E-state index in [4.69, 9.17) is 9.47 Å². The molecule has 1 saturated heterocycles. The molecule has 2 aromatic rings. The first-order valence-electron chi connectivity index (χ1n) is 9.01. The molecule has 0 bridgehead atoms. The number of rotatable bonds is 6. The molecule has 6 nitrogen and oxygen atoms in total. The normalized spacial score (nSPS) is 17.4. The van der Waals surface area contributed by atoms with Crippen molar-refractivity contribution in [1.82, 2.24) is 5.32 Å². The molecule has 0 saturated carbocycles. The molecule has 1 heterocycles. The van der Waals surface area contributed by atoms with Gasteiger partial charge >= 0.3 is 0 Å². The van der Waals surface area contributed by atoms with Gasteiger partial charge in [-0.1, -0.05) is 12.1 Å². The molecule has 28 heavy (non-hydrogen) atoms. The summed E-state index contributed by atoms with van der Waals surface area (Å²) in [6.07, 6.45) is 0.0993. The van der Waals surface area contributed by atoms with Crippen molar-refractivity contribution in [3.05, 3.63) is 53.8 Å². The molecule has 1 N–H and O–H groups in total. The zero-order valence-electron chi connectivity index (χ0n) is 16.1. The topological polar surface area (TPSA) is 67.9 Å². The largest absolute Gasteiger partial charge is 0.497 e. The lowest BCUT2D eigenvalue weighted by Crippen LogP contribution is -2.34. The summed E-state index contributed by atoms with van der Waals surface area (Å²) in [5.74, 6) is -0.135. The number of methoxy groups -OCH3 is 2. The molecule has 1 aliphatic heterocycles. The summed E-state index contributed by atoms with van der Waals surface area (Å²) < 4.78 is 24.0. The summed E-state index contributed by atoms with van der Waals surface area (Å²) in [6, 6.07) is 10.9. The second kappa shape index (κ2) is 8.29. The standard InChI is InChI=1S/C21H23FN2O4/c1-13(14-5-4-6-16(22)9-14)23-21(26)15-10-20(25)24(12-15)18-11-17(27-2)7-8-19(18)28-3/h4-9,11,13,15H,10,12H2,1-3H3,(H,23,26). The van der Waals surface area contributed by atoms with Gasteiger partial charge in [-0.2, -0.15) is 0 Å². The van der Waals surface area contributed by atoms with Crippen molar-refractivity contribution in [2.45, 2.75) is 19.4 Å². The summed E-state index contributed by atoms with van der Waals surface area (Å²) in [4.78, 5) is 26.8. The summed E-state index contributed by atoms with van der Waals surface area (Å²) >= 11 is 0. The molecular formula is C21H23FN2O4. The number of nitrogens with one attached hydrogen (secondary N) is 1. The van der Waals surface area contributed by atoms with Crippen LogP contribution >= 0.6 is 0 Å². The molecule has 1 fully saturated rings. The van der Waals surface area contributed by atoms with E-state index in [0.717, 1.165) is 0 Å². The molecule has 7 heteroatoms. The van der Waals surface area contributed by atoms with Crippen LogP contribution in [0.3, 0.4) is 0 Å². The van der Waals surface area contributed by atoms with Crippen molar-refractivity contribution in [2.24, 2.45) is 5.92 Å². The van der Waals surface area contributed by atoms with Crippen molar-refractivity contribution >= 4 is 17.5 Å². The monoisotopic (exact) mass is 386 g/mol. The number of ether oxygens (including phenoxy) is 2. The van der Waals surface area contributed by atoms with Gasteiger partial charge in [-0.25, -0.2) is 4.39 Å². The van der Waals surface area contributed by atoms with E-state index in [0.29, 0.717) is 22.7 Å². The Morgan fingerprint density at radius 2 is 2.00 bits per heavy atom. The van der Waals surface area contributed by atoms with Crippen LogP contribution in [0.1, 0.15) is 24.9 Å². The van der Waals surface area contributed by atoms with Crippen molar-refractivity contribution in [1.29, 1.82) is 0 Å². The van der Waals surface area contributed by atoms with Gasteiger partial charge in [0.05, 0.1) is 31.9 Å². The van der Waals surface area contributed by atoms with Crippen molar-refractivity contribution in [3.63, 3.8) is 0 Å². The van der Waals surface area contributed by atoms with Crippen LogP contribution in [-0.2, 0) is 9.59 Å². The molecule has 2 amide bonds. The van der Waals surface area contributed by atoms with Gasteiger partial charge in [0.15, 0.2) is 0 Å². The third-order valence-electron chi connectivity index (χ3n) is 4.88. The van der Waals surface area contributed by atoms with Crippen molar-refractivity contribution in [2.75, 3.05) is 25.7 Å². The molecule has 2 atom stereocenters. The number of benzene rings is 2. The van der Waals surface area contributed by atoms with Crippen LogP contribution < -0.4 is 19.7 Å². The minimum Gasteiger partial charge on any atom is -0.497 e. The van der Waals surface area contributed by atoms with Gasteiger partial charge in [-0.05, 0) is 36.8 Å². The predicted octanol–water partition coefficient (Wildman–Crippen LogP) is 3.07. The van der Waals surface area contributed by atoms with Gasteiger partial charge in [0.1, 0.15) is 17.3 Å². The average molecular weight is 386 g/mol. The summed E-state index contributed by atoms with van der Waals surface area (Å²) in [5.41, 5.74) is 1.24. The minimum absolute atomic E-state index is 0.0993. The number of hydrogen-bond donors (Lipinski definition) is 1. The lowest BCUT2D eigenvalue weighted by Gasteiger charge is -2.21. The zero-order chi connectivity index (χ0) is 20.3. The molecule has 0 aromatic heterocycles. The Morgan fingerprint density at radius 3 is 2.68 bits per heavy atom. The molecule has 148 valence electrons. The van der Waals surface area contributed by atoms with E-state index >= 15 is 0 Å². The second-order valence-electron chi connectivity index (χ2n) is 6.73. The van der Waals surface area contributed by atoms with E-state index in [1.54, 1.807) is 49.3 Å². The molecular weight excluding hydrogens is 363 g/mol. The second-order valence-corrected chi connectivity index (χ2v) is 6.73. The van der Waals surface area contributed by atoms with Crippen LogP contribution in [0.4, 0.5) is 10.1 Å². The Hall–Kier alpha value is -3.09. The van der Waals surface area contributed by atoms with E-state index < -0.39 is 5.92 Å². The summed E-state index contributed by atoms with van der Waals surface area (Å²) in [6.45, 7) is 2.02. The van der Waals surface area contributed by atoms with Gasteiger partial charge in [-0.3, -0.25) is 9.59 Å². The number of carbonyl (C=O) groups excluding carboxylic acids is 2. The van der Waals surface area contributed by atoms with E-state index in [1.165, 1.54) is 19.2 Å². The Bertz CT molecular complexity index is 886. The fourth-order valence-corrected chi connectivity index (χ4v) is 3.31. The first-order valence-corrected chi connectivity index (χ1v) is 9.01. The first kappa shape index (κ1) is 19.7. The summed E-state index contributed by atoms with van der Waals surface area (Å²) in [5, 5.41) is 2.87. The highest BCUT2D eigenvalue weighted by molar-refractivity contribution is 6.01. The van der Waals surface area contributed by atoms with E-state index in [9.17, 15) is 14.0 Å². The number of hydrogen-bond acceptors (Lipinski definition) is 4. The highest BCUT2D eigenvalue weighted by Gasteiger charge is 2.36. The van der Waals surface area contributed by atoms with Gasteiger partial charge in [0.2, 0.25) is 11.8 Å². The smallest absolute Gasteiger partial charge is 0.227 e. The maximum atomic E-state index is 13.4. The molecule has 0 spiro atoms. The number of halogens is 1. The first-order chi connectivity index (χ1) is 13.4. The van der Waals surface area contributed by atoms with Gasteiger partial charge in [0.25, 0.3) is 0 Å². The third kappa shape index (κ3) is 4.08. The van der Waals surface area contributed by atoms with Crippen molar-refractivity contribution < 1.29 is 23.5 Å². The molecule has 0 aliphatic carbocycles. The van der Waals surface area contributed by atoms with Crippen LogP contribution in [-0.4, -0.2) is 32.6 Å². The van der Waals surface area contributed by atoms with Crippen LogP contribution in [0.25, 0.3) is 0 Å². The maximum absolute atomic E-state index is 13.4. The highest BCUT2D eigenvalue weighted by atomic mass is 19.1. The Kier molecular flexibility index (Phi) is 5.82.